The van der Waals surface area contributed by atoms with Crippen molar-refractivity contribution in [3.05, 3.63) is 101 Å². The van der Waals surface area contributed by atoms with Crippen LogP contribution >= 0.6 is 0 Å². The van der Waals surface area contributed by atoms with Crippen LogP contribution in [0.3, 0.4) is 0 Å². The summed E-state index contributed by atoms with van der Waals surface area (Å²) in [6.07, 6.45) is -1.50. The number of aliphatic carboxylic acids is 2. The number of sulfonamides is 1. The van der Waals surface area contributed by atoms with E-state index in [-0.39, 0.29) is 48.3 Å². The maximum absolute atomic E-state index is 13.4. The molecule has 1 aliphatic rings. The molecular formula is C29H29F2N3O8S. The number of aliphatic hydroxyl groups is 1. The first kappa shape index (κ1) is 33.2. The molecule has 14 heteroatoms. The highest BCUT2D eigenvalue weighted by molar-refractivity contribution is 7.89. The highest BCUT2D eigenvalue weighted by Crippen LogP contribution is 2.27. The lowest BCUT2D eigenvalue weighted by molar-refractivity contribution is -0.159. The lowest BCUT2D eigenvalue weighted by Crippen LogP contribution is -2.50. The van der Waals surface area contributed by atoms with Gasteiger partial charge in [0.1, 0.15) is 23.8 Å². The van der Waals surface area contributed by atoms with Crippen LogP contribution in [0.1, 0.15) is 22.8 Å². The van der Waals surface area contributed by atoms with Gasteiger partial charge in [0.25, 0.3) is 0 Å². The number of β-amino-alcohol motifs (C(OH)–C–C–N with tert-alkyl or cyclic N) is 1. The van der Waals surface area contributed by atoms with Crippen LogP contribution in [-0.4, -0.2) is 90.3 Å². The fraction of sp³-hybridized carbons (Fsp3) is 0.276. The third-order valence-electron chi connectivity index (χ3n) is 6.41. The van der Waals surface area contributed by atoms with Crippen molar-refractivity contribution in [2.24, 2.45) is 0 Å². The topological polar surface area (TPSA) is 168 Å². The Bertz CT molecular complexity index is 1480. The van der Waals surface area contributed by atoms with E-state index in [1.807, 2.05) is 11.0 Å². The molecule has 1 aliphatic heterocycles. The molecule has 1 saturated heterocycles. The molecule has 3 aromatic rings. The monoisotopic (exact) mass is 617 g/mol. The Balaban J connectivity index is 0.000000765. The maximum atomic E-state index is 13.4. The molecule has 11 nitrogen and oxygen atoms in total. The van der Waals surface area contributed by atoms with Crippen LogP contribution in [0.4, 0.5) is 8.78 Å². The molecule has 0 amide bonds. The van der Waals surface area contributed by atoms with Gasteiger partial charge in [-0.05, 0) is 47.5 Å². The van der Waals surface area contributed by atoms with Crippen molar-refractivity contribution in [1.29, 1.82) is 5.26 Å². The summed E-state index contributed by atoms with van der Waals surface area (Å²) in [6.45, 7) is 1.50. The highest BCUT2D eigenvalue weighted by atomic mass is 32.2. The zero-order valence-electron chi connectivity index (χ0n) is 22.7. The van der Waals surface area contributed by atoms with Gasteiger partial charge in [-0.2, -0.15) is 9.57 Å². The number of nitrogens with zero attached hydrogens (tertiary/aromatic N) is 3. The zero-order chi connectivity index (χ0) is 31.6. The summed E-state index contributed by atoms with van der Waals surface area (Å²) >= 11 is 0. The van der Waals surface area contributed by atoms with E-state index < -0.39 is 34.2 Å². The minimum atomic E-state index is -3.80. The van der Waals surface area contributed by atoms with Gasteiger partial charge in [-0.25, -0.2) is 26.8 Å². The molecular weight excluding hydrogens is 588 g/mol. The van der Waals surface area contributed by atoms with E-state index in [9.17, 15) is 27.6 Å². The second kappa shape index (κ2) is 15.3. The molecule has 0 aromatic heterocycles. The van der Waals surface area contributed by atoms with E-state index in [1.54, 1.807) is 36.4 Å². The van der Waals surface area contributed by atoms with Crippen molar-refractivity contribution in [2.75, 3.05) is 39.3 Å². The number of carboxylic acid groups (broad SMARTS) is 2. The predicted molar refractivity (Wildman–Crippen MR) is 148 cm³/mol. The first-order chi connectivity index (χ1) is 20.4. The number of aliphatic hydroxyl groups excluding tert-OH is 1. The van der Waals surface area contributed by atoms with Crippen molar-refractivity contribution in [2.45, 2.75) is 17.1 Å². The first-order valence-corrected chi connectivity index (χ1v) is 14.3. The summed E-state index contributed by atoms with van der Waals surface area (Å²) in [5.41, 5.74) is 1.43. The molecule has 4 rings (SSSR count). The average Bonchev–Trinajstić information content (AvgIpc) is 2.99. The lowest BCUT2D eigenvalue weighted by Gasteiger charge is -2.35. The van der Waals surface area contributed by atoms with Crippen molar-refractivity contribution < 1.29 is 46.8 Å². The molecule has 1 heterocycles. The Morgan fingerprint density at radius 3 is 1.81 bits per heavy atom. The van der Waals surface area contributed by atoms with Gasteiger partial charge < -0.3 is 20.1 Å². The molecule has 1 atom stereocenters. The number of nitriles is 1. The number of ether oxygens (including phenoxy) is 1. The number of carboxylic acids is 2. The summed E-state index contributed by atoms with van der Waals surface area (Å²) in [4.78, 5) is 20.1. The molecule has 3 N–H and O–H groups in total. The largest absolute Gasteiger partial charge is 0.473 e. The van der Waals surface area contributed by atoms with Crippen LogP contribution in [0.25, 0.3) is 0 Å². The Labute approximate surface area is 246 Å². The van der Waals surface area contributed by atoms with E-state index in [2.05, 4.69) is 0 Å². The smallest absolute Gasteiger partial charge is 0.414 e. The summed E-state index contributed by atoms with van der Waals surface area (Å²) in [6, 6.07) is 19.6. The summed E-state index contributed by atoms with van der Waals surface area (Å²) in [5, 5.41) is 34.7. The van der Waals surface area contributed by atoms with Gasteiger partial charge in [-0.3, -0.25) is 4.90 Å². The van der Waals surface area contributed by atoms with Gasteiger partial charge in [-0.15, -0.1) is 0 Å². The van der Waals surface area contributed by atoms with E-state index in [0.717, 1.165) is 0 Å². The number of carbonyl (C=O) groups is 2. The van der Waals surface area contributed by atoms with Crippen LogP contribution in [0.5, 0.6) is 0 Å². The molecule has 43 heavy (non-hydrogen) atoms. The van der Waals surface area contributed by atoms with Crippen LogP contribution in [0, 0.1) is 23.0 Å². The molecule has 0 aliphatic carbocycles. The fourth-order valence-corrected chi connectivity index (χ4v) is 5.86. The molecule has 0 spiro atoms. The number of benzene rings is 3. The third-order valence-corrected chi connectivity index (χ3v) is 8.37. The number of rotatable bonds is 9. The maximum Gasteiger partial charge on any atom is 0.414 e. The number of halogens is 2. The summed E-state index contributed by atoms with van der Waals surface area (Å²) < 4.78 is 60.2. The minimum Gasteiger partial charge on any atom is -0.473 e. The normalized spacial score (nSPS) is 14.8. The average molecular weight is 618 g/mol. The summed E-state index contributed by atoms with van der Waals surface area (Å²) in [5.74, 6) is -4.43. The van der Waals surface area contributed by atoms with Gasteiger partial charge in [0.2, 0.25) is 10.0 Å². The quantitative estimate of drug-likeness (QED) is 0.303. The van der Waals surface area contributed by atoms with E-state index >= 15 is 0 Å². The SMILES string of the molecule is N#Cc1ccccc1S(=O)(=O)N1CCN(CC(O)COC(c2ccc(F)cc2)c2ccc(F)cc2)CC1.O=C(O)C(=O)O. The second-order valence-corrected chi connectivity index (χ2v) is 11.3. The van der Waals surface area contributed by atoms with Crippen LogP contribution in [0.15, 0.2) is 77.7 Å². The van der Waals surface area contributed by atoms with Gasteiger partial charge >= 0.3 is 11.9 Å². The third kappa shape index (κ3) is 9.37. The predicted octanol–water partition coefficient (Wildman–Crippen LogP) is 2.47. The van der Waals surface area contributed by atoms with Crippen molar-refractivity contribution in [3.63, 3.8) is 0 Å². The number of hydrogen-bond donors (Lipinski definition) is 3. The van der Waals surface area contributed by atoms with Crippen molar-refractivity contribution in [3.8, 4) is 6.07 Å². The summed E-state index contributed by atoms with van der Waals surface area (Å²) in [7, 11) is -3.80. The van der Waals surface area contributed by atoms with E-state index in [1.165, 1.54) is 40.7 Å². The fourth-order valence-electron chi connectivity index (χ4n) is 4.29. The van der Waals surface area contributed by atoms with E-state index in [4.69, 9.17) is 24.5 Å². The molecule has 1 fully saturated rings. The van der Waals surface area contributed by atoms with E-state index in [0.29, 0.717) is 24.2 Å². The van der Waals surface area contributed by atoms with Crippen molar-refractivity contribution in [1.82, 2.24) is 9.21 Å². The second-order valence-electron chi connectivity index (χ2n) is 9.39. The van der Waals surface area contributed by atoms with Crippen LogP contribution in [-0.2, 0) is 24.3 Å². The standard InChI is InChI=1S/C27H27F2N3O4S.C2H2O4/c28-23-9-5-20(6-10-23)27(21-7-11-24(29)12-8-21)36-19-25(33)18-31-13-15-32(16-14-31)37(34,35)26-4-2-1-3-22(26)17-30;3-1(4)2(5)6/h1-12,25,27,33H,13-16,18-19H2;(H,3,4)(H,5,6). The van der Waals surface area contributed by atoms with Crippen LogP contribution < -0.4 is 0 Å². The molecule has 3 aromatic carbocycles. The zero-order valence-corrected chi connectivity index (χ0v) is 23.5. The lowest BCUT2D eigenvalue weighted by atomic mass is 10.0. The van der Waals surface area contributed by atoms with Crippen molar-refractivity contribution >= 4 is 22.0 Å². The molecule has 0 bridgehead atoms. The molecule has 0 radical (unpaired) electrons. The minimum absolute atomic E-state index is 0.00740. The van der Waals surface area contributed by atoms with Gasteiger partial charge in [0.05, 0.1) is 23.2 Å². The molecule has 228 valence electrons. The Morgan fingerprint density at radius 2 is 1.35 bits per heavy atom. The molecule has 0 saturated carbocycles. The van der Waals surface area contributed by atoms with Gasteiger partial charge in [-0.1, -0.05) is 36.4 Å². The van der Waals surface area contributed by atoms with Gasteiger partial charge in [0, 0.05) is 32.7 Å². The highest BCUT2D eigenvalue weighted by Gasteiger charge is 2.31. The Morgan fingerprint density at radius 1 is 0.860 bits per heavy atom. The Hall–Kier alpha value is -4.26. The van der Waals surface area contributed by atoms with Crippen LogP contribution in [0.2, 0.25) is 0 Å². The van der Waals surface area contributed by atoms with Gasteiger partial charge in [0.15, 0.2) is 0 Å². The number of piperazine rings is 1. The first-order valence-electron chi connectivity index (χ1n) is 12.9. The Kier molecular flexibility index (Phi) is 11.8. The number of hydrogen-bond acceptors (Lipinski definition) is 8. The molecule has 1 unspecified atom stereocenters.